The van der Waals surface area contributed by atoms with Gasteiger partial charge in [-0.15, -0.1) is 11.6 Å². The highest BCUT2D eigenvalue weighted by Crippen LogP contribution is 1.70. The van der Waals surface area contributed by atoms with Crippen LogP contribution >= 0.6 is 11.6 Å². The van der Waals surface area contributed by atoms with E-state index in [-0.39, 0.29) is 0 Å². The van der Waals surface area contributed by atoms with Gasteiger partial charge < -0.3 is 10.6 Å². The topological polar surface area (TPSA) is 70.2 Å². The van der Waals surface area contributed by atoms with Crippen LogP contribution in [-0.2, 0) is 0 Å². The minimum atomic E-state index is -0.551. The first kappa shape index (κ1) is 10.0. The molecule has 0 spiro atoms. The van der Waals surface area contributed by atoms with Crippen molar-refractivity contribution in [1.29, 1.82) is 0 Å². The first-order valence-electron chi connectivity index (χ1n) is 3.03. The lowest BCUT2D eigenvalue weighted by atomic mass is 10.7. The molecule has 3 N–H and O–H groups in total. The van der Waals surface area contributed by atoms with Crippen LogP contribution in [0.3, 0.4) is 0 Å². The summed E-state index contributed by atoms with van der Waals surface area (Å²) in [6.45, 7) is 0.338. The summed E-state index contributed by atoms with van der Waals surface area (Å²) in [5.74, 6) is 0.321. The summed E-state index contributed by atoms with van der Waals surface area (Å²) in [6, 6.07) is -1.10. The van der Waals surface area contributed by atoms with E-state index >= 15 is 0 Å². The number of rotatable bonds is 2. The second kappa shape index (κ2) is 5.79. The van der Waals surface area contributed by atoms with Crippen molar-refractivity contribution in [1.82, 2.24) is 16.0 Å². The van der Waals surface area contributed by atoms with Crippen LogP contribution in [0.15, 0.2) is 0 Å². The highest BCUT2D eigenvalue weighted by molar-refractivity contribution is 6.18. The smallest absolute Gasteiger partial charge is 0.322 e. The van der Waals surface area contributed by atoms with Crippen LogP contribution in [0, 0.1) is 0 Å². The lowest BCUT2D eigenvalue weighted by Gasteiger charge is -2.03. The molecule has 0 aliphatic rings. The van der Waals surface area contributed by atoms with Crippen LogP contribution in [0.5, 0.6) is 0 Å². The molecule has 0 aromatic rings. The minimum absolute atomic E-state index is 0.321. The van der Waals surface area contributed by atoms with Gasteiger partial charge in [0.25, 0.3) is 0 Å². The Hall–Kier alpha value is -0.970. The van der Waals surface area contributed by atoms with Gasteiger partial charge in [0, 0.05) is 19.5 Å². The average molecular weight is 180 g/mol. The molecule has 64 valence electrons. The Labute approximate surface area is 69.5 Å². The third-order valence-electron chi connectivity index (χ3n) is 0.834. The Kier molecular flexibility index (Phi) is 5.28. The number of carbonyl (C=O) groups excluding carboxylic acids is 2. The molecule has 0 heterocycles. The fourth-order valence-corrected chi connectivity index (χ4v) is 0.465. The maximum atomic E-state index is 10.6. The molecule has 0 aromatic carbocycles. The predicted octanol–water partition coefficient (Wildman–Crippen LogP) is -0.136. The number of halogens is 1. The molecule has 0 saturated carbocycles. The number of nitrogens with one attached hydrogen (secondary N) is 3. The summed E-state index contributed by atoms with van der Waals surface area (Å²) >= 11 is 5.27. The predicted molar refractivity (Wildman–Crippen MR) is 41.7 cm³/mol. The van der Waals surface area contributed by atoms with E-state index in [1.54, 1.807) is 0 Å². The molecule has 11 heavy (non-hydrogen) atoms. The highest BCUT2D eigenvalue weighted by atomic mass is 35.5. The van der Waals surface area contributed by atoms with E-state index in [9.17, 15) is 9.59 Å². The molecular weight excluding hydrogens is 170 g/mol. The molecule has 0 unspecified atom stereocenters. The zero-order valence-electron chi connectivity index (χ0n) is 6.11. The lowest BCUT2D eigenvalue weighted by molar-refractivity contribution is 0.228. The van der Waals surface area contributed by atoms with Crippen molar-refractivity contribution in [2.45, 2.75) is 0 Å². The Morgan fingerprint density at radius 1 is 1.36 bits per heavy atom. The molecule has 0 fully saturated rings. The van der Waals surface area contributed by atoms with Crippen LogP contribution in [0.25, 0.3) is 0 Å². The van der Waals surface area contributed by atoms with Crippen molar-refractivity contribution >= 4 is 23.7 Å². The van der Waals surface area contributed by atoms with Crippen molar-refractivity contribution in [2.24, 2.45) is 0 Å². The maximum Gasteiger partial charge on any atom is 0.322 e. The molecule has 5 nitrogen and oxygen atoms in total. The zero-order valence-corrected chi connectivity index (χ0v) is 6.86. The number of alkyl halides is 1. The number of hydrogen-bond donors (Lipinski definition) is 3. The first-order valence-corrected chi connectivity index (χ1v) is 3.56. The molecule has 0 aliphatic carbocycles. The zero-order chi connectivity index (χ0) is 8.69. The van der Waals surface area contributed by atoms with Gasteiger partial charge in [-0.3, -0.25) is 5.32 Å². The second-order valence-corrected chi connectivity index (χ2v) is 2.03. The van der Waals surface area contributed by atoms with Gasteiger partial charge in [-0.05, 0) is 0 Å². The van der Waals surface area contributed by atoms with E-state index in [4.69, 9.17) is 11.6 Å². The number of imide groups is 1. The quantitative estimate of drug-likeness (QED) is 0.517. The van der Waals surface area contributed by atoms with Gasteiger partial charge in [-0.1, -0.05) is 0 Å². The normalized spacial score (nSPS) is 8.55. The third kappa shape index (κ3) is 5.47. The Morgan fingerprint density at radius 2 is 2.00 bits per heavy atom. The maximum absolute atomic E-state index is 10.6. The van der Waals surface area contributed by atoms with Gasteiger partial charge in [0.1, 0.15) is 0 Å². The number of hydrogen-bond acceptors (Lipinski definition) is 2. The SMILES string of the molecule is CNC(=O)NC(=O)NCCCl. The van der Waals surface area contributed by atoms with Crippen LogP contribution in [0.2, 0.25) is 0 Å². The van der Waals surface area contributed by atoms with Crippen LogP contribution in [-0.4, -0.2) is 31.5 Å². The standard InChI is InChI=1S/C5H10ClN3O2/c1-7-4(10)9-5(11)8-3-2-6/h2-3H2,1H3,(H3,7,8,9,10,11). The first-order chi connectivity index (χ1) is 5.20. The monoisotopic (exact) mass is 179 g/mol. The summed E-state index contributed by atoms with van der Waals surface area (Å²) in [5.41, 5.74) is 0. The fourth-order valence-electron chi connectivity index (χ4n) is 0.371. The van der Waals surface area contributed by atoms with Crippen molar-refractivity contribution in [3.63, 3.8) is 0 Å². The van der Waals surface area contributed by atoms with E-state index < -0.39 is 12.1 Å². The molecule has 6 heteroatoms. The molecule has 0 aliphatic heterocycles. The molecule has 0 saturated heterocycles. The third-order valence-corrected chi connectivity index (χ3v) is 1.02. The molecule has 0 atom stereocenters. The summed E-state index contributed by atoms with van der Waals surface area (Å²) in [7, 11) is 1.42. The van der Waals surface area contributed by atoms with Gasteiger partial charge in [-0.25, -0.2) is 9.59 Å². The van der Waals surface area contributed by atoms with E-state index in [1.165, 1.54) is 7.05 Å². The molecular formula is C5H10ClN3O2. The van der Waals surface area contributed by atoms with E-state index in [2.05, 4.69) is 10.6 Å². The summed E-state index contributed by atoms with van der Waals surface area (Å²) in [4.78, 5) is 21.1. The number of amides is 4. The van der Waals surface area contributed by atoms with Gasteiger partial charge >= 0.3 is 12.1 Å². The van der Waals surface area contributed by atoms with Crippen molar-refractivity contribution in [3.05, 3.63) is 0 Å². The largest absolute Gasteiger partial charge is 0.341 e. The van der Waals surface area contributed by atoms with Crippen molar-refractivity contribution < 1.29 is 9.59 Å². The van der Waals surface area contributed by atoms with E-state index in [0.717, 1.165) is 0 Å². The van der Waals surface area contributed by atoms with E-state index in [1.807, 2.05) is 5.32 Å². The summed E-state index contributed by atoms with van der Waals surface area (Å²) in [6.07, 6.45) is 0. The fraction of sp³-hybridized carbons (Fsp3) is 0.600. The molecule has 0 radical (unpaired) electrons. The van der Waals surface area contributed by atoms with Crippen LogP contribution < -0.4 is 16.0 Å². The minimum Gasteiger partial charge on any atom is -0.341 e. The highest BCUT2D eigenvalue weighted by Gasteiger charge is 2.02. The van der Waals surface area contributed by atoms with E-state index in [0.29, 0.717) is 12.4 Å². The second-order valence-electron chi connectivity index (χ2n) is 1.65. The lowest BCUT2D eigenvalue weighted by Crippen LogP contribution is -2.44. The van der Waals surface area contributed by atoms with Crippen LogP contribution in [0.1, 0.15) is 0 Å². The van der Waals surface area contributed by atoms with Crippen LogP contribution in [0.4, 0.5) is 9.59 Å². The molecule has 0 aromatic heterocycles. The van der Waals surface area contributed by atoms with Gasteiger partial charge in [-0.2, -0.15) is 0 Å². The van der Waals surface area contributed by atoms with Crippen molar-refractivity contribution in [3.8, 4) is 0 Å². The summed E-state index contributed by atoms with van der Waals surface area (Å²) < 4.78 is 0. The number of carbonyl (C=O) groups is 2. The van der Waals surface area contributed by atoms with Gasteiger partial charge in [0.05, 0.1) is 0 Å². The molecule has 4 amide bonds. The Morgan fingerprint density at radius 3 is 2.45 bits per heavy atom. The number of urea groups is 2. The van der Waals surface area contributed by atoms with Gasteiger partial charge in [0.15, 0.2) is 0 Å². The molecule has 0 rings (SSSR count). The Balaban J connectivity index is 3.44. The average Bonchev–Trinajstić information content (AvgIpc) is 2.00. The molecule has 0 bridgehead atoms. The summed E-state index contributed by atoms with van der Waals surface area (Å²) in [5, 5.41) is 6.59. The van der Waals surface area contributed by atoms with Crippen molar-refractivity contribution in [2.75, 3.05) is 19.5 Å². The Bertz CT molecular complexity index is 151. The van der Waals surface area contributed by atoms with Gasteiger partial charge in [0.2, 0.25) is 0 Å².